The van der Waals surface area contributed by atoms with Crippen LogP contribution in [0, 0.1) is 17.8 Å². The zero-order valence-electron chi connectivity index (χ0n) is 19.0. The van der Waals surface area contributed by atoms with Gasteiger partial charge in [0.2, 0.25) is 10.0 Å². The molecule has 0 atom stereocenters. The number of halogens is 3. The van der Waals surface area contributed by atoms with Crippen LogP contribution in [0.2, 0.25) is 0 Å². The van der Waals surface area contributed by atoms with Gasteiger partial charge in [-0.2, -0.15) is 13.2 Å². The number of urea groups is 1. The van der Waals surface area contributed by atoms with E-state index in [1.165, 1.54) is 25.3 Å². The zero-order chi connectivity index (χ0) is 24.1. The number of amides is 2. The van der Waals surface area contributed by atoms with Gasteiger partial charge in [0.15, 0.2) is 0 Å². The third kappa shape index (κ3) is 5.08. The first-order valence-corrected chi connectivity index (χ1v) is 13.8. The largest absolute Gasteiger partial charge is 0.416 e. The van der Waals surface area contributed by atoms with Gasteiger partial charge in [0.05, 0.1) is 10.5 Å². The van der Waals surface area contributed by atoms with E-state index in [0.717, 1.165) is 49.1 Å². The van der Waals surface area contributed by atoms with Crippen LogP contribution >= 0.6 is 0 Å². The molecule has 4 bridgehead atoms. The van der Waals surface area contributed by atoms with Crippen molar-refractivity contribution >= 4 is 16.1 Å². The first-order chi connectivity index (χ1) is 16.0. The van der Waals surface area contributed by atoms with Crippen LogP contribution in [0.15, 0.2) is 29.2 Å². The summed E-state index contributed by atoms with van der Waals surface area (Å²) < 4.78 is 66.6. The van der Waals surface area contributed by atoms with Crippen molar-refractivity contribution in [2.24, 2.45) is 17.8 Å². The topological polar surface area (TPSA) is 87.3 Å². The Morgan fingerprint density at radius 3 is 2.03 bits per heavy atom. The first kappa shape index (κ1) is 23.9. The number of benzene rings is 1. The highest BCUT2D eigenvalue weighted by atomic mass is 32.2. The third-order valence-corrected chi connectivity index (χ3v) is 9.79. The molecule has 0 saturated heterocycles. The summed E-state index contributed by atoms with van der Waals surface area (Å²) in [6.45, 7) is 0. The number of carbonyl (C=O) groups excluding carboxylic acids is 1. The molecule has 6 rings (SSSR count). The monoisotopic (exact) mass is 499 g/mol. The predicted molar refractivity (Wildman–Crippen MR) is 120 cm³/mol. The highest BCUT2D eigenvalue weighted by Crippen LogP contribution is 2.55. The lowest BCUT2D eigenvalue weighted by Crippen LogP contribution is -2.62. The van der Waals surface area contributed by atoms with Crippen LogP contribution in [0.1, 0.15) is 69.8 Å². The van der Waals surface area contributed by atoms with Crippen LogP contribution in [0.25, 0.3) is 0 Å². The standard InChI is InChI=1S/C24H32F3N3O3S/c25-24(26,27)18-2-1-3-21(11-18)34(32,33)30-20-6-4-19(5-7-20)28-22(31)29-23-12-15-8-16(13-23)10-17(9-15)14-23/h1-3,11,15-17,19-20,30H,4-10,12-14H2,(H2,28,29,31). The van der Waals surface area contributed by atoms with Crippen molar-refractivity contribution in [3.05, 3.63) is 29.8 Å². The molecular weight excluding hydrogens is 467 g/mol. The molecule has 34 heavy (non-hydrogen) atoms. The van der Waals surface area contributed by atoms with E-state index in [1.807, 2.05) is 0 Å². The Balaban J connectivity index is 1.12. The Bertz CT molecular complexity index is 1000. The molecule has 0 unspecified atom stereocenters. The fraction of sp³-hybridized carbons (Fsp3) is 0.708. The van der Waals surface area contributed by atoms with Gasteiger partial charge in [0.1, 0.15) is 0 Å². The van der Waals surface area contributed by atoms with Gasteiger partial charge in [0.25, 0.3) is 0 Å². The summed E-state index contributed by atoms with van der Waals surface area (Å²) in [4.78, 5) is 12.4. The van der Waals surface area contributed by atoms with E-state index >= 15 is 0 Å². The van der Waals surface area contributed by atoms with E-state index < -0.39 is 26.7 Å². The number of alkyl halides is 3. The Labute approximate surface area is 198 Å². The fourth-order valence-electron chi connectivity index (χ4n) is 7.21. The molecular formula is C24H32F3N3O3S. The van der Waals surface area contributed by atoms with Gasteiger partial charge in [-0.25, -0.2) is 17.9 Å². The van der Waals surface area contributed by atoms with Crippen LogP contribution < -0.4 is 15.4 Å². The second-order valence-corrected chi connectivity index (χ2v) is 12.7. The molecule has 2 amide bonds. The average Bonchev–Trinajstić information content (AvgIpc) is 2.73. The maximum absolute atomic E-state index is 12.9. The van der Waals surface area contributed by atoms with E-state index in [9.17, 15) is 26.4 Å². The molecule has 10 heteroatoms. The molecule has 0 spiro atoms. The van der Waals surface area contributed by atoms with Crippen molar-refractivity contribution in [1.82, 2.24) is 15.4 Å². The van der Waals surface area contributed by atoms with E-state index in [2.05, 4.69) is 15.4 Å². The number of rotatable bonds is 5. The summed E-state index contributed by atoms with van der Waals surface area (Å²) in [6, 6.07) is 3.23. The molecule has 5 aliphatic carbocycles. The Hall–Kier alpha value is -1.81. The summed E-state index contributed by atoms with van der Waals surface area (Å²) in [6.07, 6.45) is 4.82. The van der Waals surface area contributed by atoms with Gasteiger partial charge >= 0.3 is 12.2 Å². The minimum absolute atomic E-state index is 0.0387. The maximum atomic E-state index is 12.9. The van der Waals surface area contributed by atoms with Crippen LogP contribution in [0.4, 0.5) is 18.0 Å². The number of hydrogen-bond acceptors (Lipinski definition) is 3. The van der Waals surface area contributed by atoms with Gasteiger partial charge in [-0.05, 0) is 100 Å². The summed E-state index contributed by atoms with van der Waals surface area (Å²) in [5, 5.41) is 6.39. The van der Waals surface area contributed by atoms with Crippen molar-refractivity contribution in [3.63, 3.8) is 0 Å². The zero-order valence-corrected chi connectivity index (χ0v) is 19.9. The van der Waals surface area contributed by atoms with E-state index in [4.69, 9.17) is 0 Å². The molecule has 1 aromatic carbocycles. The van der Waals surface area contributed by atoms with Gasteiger partial charge in [-0.3, -0.25) is 0 Å². The lowest BCUT2D eigenvalue weighted by molar-refractivity contribution is -0.137. The second kappa shape index (κ2) is 8.69. The second-order valence-electron chi connectivity index (χ2n) is 11.0. The van der Waals surface area contributed by atoms with Crippen molar-refractivity contribution in [2.75, 3.05) is 0 Å². The minimum atomic E-state index is -4.61. The van der Waals surface area contributed by atoms with Crippen LogP contribution in [0.3, 0.4) is 0 Å². The molecule has 1 aromatic rings. The predicted octanol–water partition coefficient (Wildman–Crippen LogP) is 4.56. The molecule has 0 aliphatic heterocycles. The van der Waals surface area contributed by atoms with E-state index in [0.29, 0.717) is 31.7 Å². The van der Waals surface area contributed by atoms with Gasteiger partial charge in [-0.1, -0.05) is 6.07 Å². The molecule has 0 heterocycles. The molecule has 0 aromatic heterocycles. The van der Waals surface area contributed by atoms with Gasteiger partial charge in [0, 0.05) is 17.6 Å². The summed E-state index contributed by atoms with van der Waals surface area (Å²) >= 11 is 0. The maximum Gasteiger partial charge on any atom is 0.416 e. The summed E-state index contributed by atoms with van der Waals surface area (Å²) in [5.74, 6) is 2.23. The van der Waals surface area contributed by atoms with Crippen molar-refractivity contribution in [2.45, 2.75) is 92.9 Å². The number of sulfonamides is 1. The highest BCUT2D eigenvalue weighted by Gasteiger charge is 2.51. The van der Waals surface area contributed by atoms with E-state index in [-0.39, 0.29) is 23.7 Å². The quantitative estimate of drug-likeness (QED) is 0.555. The molecule has 6 nitrogen and oxygen atoms in total. The normalized spacial score (nSPS) is 35.2. The lowest BCUT2D eigenvalue weighted by Gasteiger charge is -2.56. The van der Waals surface area contributed by atoms with Crippen molar-refractivity contribution in [1.29, 1.82) is 0 Å². The molecule has 0 radical (unpaired) electrons. The highest BCUT2D eigenvalue weighted by molar-refractivity contribution is 7.89. The van der Waals surface area contributed by atoms with Crippen LogP contribution in [-0.4, -0.2) is 32.1 Å². The molecule has 5 fully saturated rings. The van der Waals surface area contributed by atoms with Crippen LogP contribution in [0.5, 0.6) is 0 Å². The average molecular weight is 500 g/mol. The molecule has 3 N–H and O–H groups in total. The van der Waals surface area contributed by atoms with Gasteiger partial charge in [-0.15, -0.1) is 0 Å². The number of nitrogens with one attached hydrogen (secondary N) is 3. The fourth-order valence-corrected chi connectivity index (χ4v) is 8.56. The van der Waals surface area contributed by atoms with Gasteiger partial charge < -0.3 is 10.6 Å². The molecule has 5 aliphatic rings. The Kier molecular flexibility index (Phi) is 6.11. The minimum Gasteiger partial charge on any atom is -0.335 e. The van der Waals surface area contributed by atoms with E-state index in [1.54, 1.807) is 0 Å². The molecule has 5 saturated carbocycles. The Morgan fingerprint density at radius 2 is 1.47 bits per heavy atom. The summed E-state index contributed by atoms with van der Waals surface area (Å²) in [7, 11) is -4.06. The van der Waals surface area contributed by atoms with Crippen molar-refractivity contribution in [3.8, 4) is 0 Å². The molecule has 188 valence electrons. The van der Waals surface area contributed by atoms with Crippen molar-refractivity contribution < 1.29 is 26.4 Å². The van der Waals surface area contributed by atoms with Crippen LogP contribution in [-0.2, 0) is 16.2 Å². The SMILES string of the molecule is O=C(NC1CCC(NS(=O)(=O)c2cccc(C(F)(F)F)c2)CC1)NC12CC3CC(CC(C3)C1)C2. The lowest BCUT2D eigenvalue weighted by atomic mass is 9.53. The first-order valence-electron chi connectivity index (χ1n) is 12.3. The summed E-state index contributed by atoms with van der Waals surface area (Å²) in [5.41, 5.74) is -1.05. The number of carbonyl (C=O) groups is 1. The third-order valence-electron chi connectivity index (χ3n) is 8.27. The smallest absolute Gasteiger partial charge is 0.335 e. The Morgan fingerprint density at radius 1 is 0.912 bits per heavy atom. The number of hydrogen-bond donors (Lipinski definition) is 3.